The van der Waals surface area contributed by atoms with Gasteiger partial charge in [0.2, 0.25) is 0 Å². The van der Waals surface area contributed by atoms with Crippen LogP contribution in [0.5, 0.6) is 0 Å². The minimum absolute atomic E-state index is 0.742. The van der Waals surface area contributed by atoms with E-state index < -0.39 is 0 Å². The Labute approximate surface area is 151 Å². The van der Waals surface area contributed by atoms with Gasteiger partial charge in [0.25, 0.3) is 0 Å². The van der Waals surface area contributed by atoms with Gasteiger partial charge in [0.15, 0.2) is 4.96 Å². The number of benzene rings is 2. The first-order chi connectivity index (χ1) is 11.2. The van der Waals surface area contributed by atoms with Crippen LogP contribution in [0.2, 0.25) is 5.02 Å². The molecule has 4 aromatic rings. The van der Waals surface area contributed by atoms with Crippen molar-refractivity contribution in [1.82, 2.24) is 9.38 Å². The molecule has 114 valence electrons. The van der Waals surface area contributed by atoms with E-state index in [1.165, 1.54) is 10.4 Å². The molecule has 2 aromatic carbocycles. The van der Waals surface area contributed by atoms with Crippen molar-refractivity contribution >= 4 is 43.8 Å². The van der Waals surface area contributed by atoms with Crippen LogP contribution < -0.4 is 0 Å². The Bertz CT molecular complexity index is 924. The molecule has 0 spiro atoms. The second-order valence-electron chi connectivity index (χ2n) is 5.32. The van der Waals surface area contributed by atoms with Gasteiger partial charge in [-0.2, -0.15) is 0 Å². The molecule has 2 heterocycles. The number of rotatable bonds is 3. The molecule has 0 saturated heterocycles. The maximum Gasteiger partial charge on any atom is 0.194 e. The molecule has 0 bridgehead atoms. The van der Waals surface area contributed by atoms with Gasteiger partial charge in [-0.25, -0.2) is 4.98 Å². The van der Waals surface area contributed by atoms with Crippen LogP contribution in [-0.4, -0.2) is 9.38 Å². The quantitative estimate of drug-likeness (QED) is 0.406. The summed E-state index contributed by atoms with van der Waals surface area (Å²) < 4.78 is 3.21. The number of hydrogen-bond acceptors (Lipinski definition) is 2. The normalized spacial score (nSPS) is 11.2. The van der Waals surface area contributed by atoms with Crippen LogP contribution in [0.1, 0.15) is 10.4 Å². The highest BCUT2D eigenvalue weighted by Crippen LogP contribution is 2.26. The lowest BCUT2D eigenvalue weighted by molar-refractivity contribution is 1.16. The number of nitrogens with zero attached hydrogens (tertiary/aromatic N) is 2. The summed E-state index contributed by atoms with van der Waals surface area (Å²) in [7, 11) is 0. The summed E-state index contributed by atoms with van der Waals surface area (Å²) in [6.45, 7) is 0. The molecule has 0 N–H and O–H groups in total. The molecule has 0 amide bonds. The largest absolute Gasteiger partial charge is 0.297 e. The van der Waals surface area contributed by atoms with Gasteiger partial charge in [-0.15, -0.1) is 11.3 Å². The highest BCUT2D eigenvalue weighted by molar-refractivity contribution is 9.10. The Hall–Kier alpha value is -1.62. The number of halogens is 2. The fourth-order valence-electron chi connectivity index (χ4n) is 2.49. The third-order valence-electron chi connectivity index (χ3n) is 3.64. The summed E-state index contributed by atoms with van der Waals surface area (Å²) in [5, 5.41) is 0.742. The van der Waals surface area contributed by atoms with Crippen LogP contribution >= 0.6 is 38.9 Å². The van der Waals surface area contributed by atoms with Crippen molar-refractivity contribution in [3.8, 4) is 11.3 Å². The number of hydrogen-bond donors (Lipinski definition) is 0. The highest BCUT2D eigenvalue weighted by Gasteiger charge is 2.09. The number of imidazole rings is 1. The molecule has 2 nitrogen and oxygen atoms in total. The summed E-state index contributed by atoms with van der Waals surface area (Å²) in [5.74, 6) is 0. The minimum atomic E-state index is 0.742. The van der Waals surface area contributed by atoms with Crippen LogP contribution in [0.4, 0.5) is 0 Å². The SMILES string of the molecule is Clc1ccc(-c2cn3cc(Cc4ccc(Br)cc4)sc3n2)cc1. The Morgan fingerprint density at radius 1 is 1.00 bits per heavy atom. The van der Waals surface area contributed by atoms with Crippen LogP contribution in [-0.2, 0) is 6.42 Å². The van der Waals surface area contributed by atoms with Crippen molar-refractivity contribution in [1.29, 1.82) is 0 Å². The number of thiazole rings is 1. The first kappa shape index (κ1) is 14.9. The molecule has 0 radical (unpaired) electrons. The van der Waals surface area contributed by atoms with Crippen LogP contribution in [0.25, 0.3) is 16.2 Å². The predicted molar refractivity (Wildman–Crippen MR) is 100 cm³/mol. The lowest BCUT2D eigenvalue weighted by atomic mass is 10.1. The molecule has 0 aliphatic heterocycles. The van der Waals surface area contributed by atoms with Crippen molar-refractivity contribution in [2.45, 2.75) is 6.42 Å². The Morgan fingerprint density at radius 3 is 2.43 bits per heavy atom. The first-order valence-electron chi connectivity index (χ1n) is 7.15. The molecule has 2 aromatic heterocycles. The van der Waals surface area contributed by atoms with Crippen molar-refractivity contribution in [3.63, 3.8) is 0 Å². The summed E-state index contributed by atoms with van der Waals surface area (Å²) in [5.41, 5.74) is 3.36. The third kappa shape index (κ3) is 3.20. The van der Waals surface area contributed by atoms with Crippen LogP contribution in [0, 0.1) is 0 Å². The predicted octanol–water partition coefficient (Wildman–Crippen LogP) is 6.07. The average Bonchev–Trinajstić information content (AvgIpc) is 3.09. The summed E-state index contributed by atoms with van der Waals surface area (Å²) in [6.07, 6.45) is 5.16. The summed E-state index contributed by atoms with van der Waals surface area (Å²) in [6, 6.07) is 16.2. The molecule has 0 saturated carbocycles. The average molecular weight is 404 g/mol. The van der Waals surface area contributed by atoms with Gasteiger partial charge in [-0.1, -0.05) is 51.8 Å². The van der Waals surface area contributed by atoms with Crippen LogP contribution in [0.3, 0.4) is 0 Å². The Balaban J connectivity index is 1.61. The smallest absolute Gasteiger partial charge is 0.194 e. The van der Waals surface area contributed by atoms with Gasteiger partial charge >= 0.3 is 0 Å². The monoisotopic (exact) mass is 402 g/mol. The van der Waals surface area contributed by atoms with Crippen molar-refractivity contribution in [2.75, 3.05) is 0 Å². The van der Waals surface area contributed by atoms with Gasteiger partial charge in [-0.05, 0) is 29.8 Å². The molecule has 0 aliphatic carbocycles. The van der Waals surface area contributed by atoms with Gasteiger partial charge in [0.1, 0.15) is 0 Å². The standard InChI is InChI=1S/C18H12BrClN2S/c19-14-5-1-12(2-6-14)9-16-10-22-11-17(21-18(22)23-16)13-3-7-15(20)8-4-13/h1-8,10-11H,9H2. The highest BCUT2D eigenvalue weighted by atomic mass is 79.9. The van der Waals surface area contributed by atoms with E-state index in [9.17, 15) is 0 Å². The fraction of sp³-hybridized carbons (Fsp3) is 0.0556. The zero-order chi connectivity index (χ0) is 15.8. The fourth-order valence-corrected chi connectivity index (χ4v) is 3.87. The molecule has 0 atom stereocenters. The lowest BCUT2D eigenvalue weighted by Crippen LogP contribution is -1.84. The van der Waals surface area contributed by atoms with E-state index >= 15 is 0 Å². The number of fused-ring (bicyclic) bond motifs is 1. The summed E-state index contributed by atoms with van der Waals surface area (Å²) in [4.78, 5) is 7.04. The molecule has 0 unspecified atom stereocenters. The molecule has 0 aliphatic rings. The zero-order valence-corrected chi connectivity index (χ0v) is 15.2. The van der Waals surface area contributed by atoms with E-state index in [1.54, 1.807) is 11.3 Å². The molecule has 5 heteroatoms. The van der Waals surface area contributed by atoms with Gasteiger partial charge in [0, 0.05) is 38.8 Å². The van der Waals surface area contributed by atoms with Crippen molar-refractivity contribution in [2.24, 2.45) is 0 Å². The maximum absolute atomic E-state index is 5.94. The van der Waals surface area contributed by atoms with E-state index in [0.717, 1.165) is 32.1 Å². The zero-order valence-electron chi connectivity index (χ0n) is 12.0. The van der Waals surface area contributed by atoms with Crippen LogP contribution in [0.15, 0.2) is 65.4 Å². The summed E-state index contributed by atoms with van der Waals surface area (Å²) >= 11 is 11.1. The van der Waals surface area contributed by atoms with Gasteiger partial charge in [0.05, 0.1) is 5.69 Å². The van der Waals surface area contributed by atoms with E-state index in [2.05, 4.69) is 57.0 Å². The molecular formula is C18H12BrClN2S. The third-order valence-corrected chi connectivity index (χ3v) is 5.41. The Kier molecular flexibility index (Phi) is 3.97. The lowest BCUT2D eigenvalue weighted by Gasteiger charge is -1.98. The second-order valence-corrected chi connectivity index (χ2v) is 7.77. The minimum Gasteiger partial charge on any atom is -0.297 e. The molecule has 0 fully saturated rings. The van der Waals surface area contributed by atoms with Crippen molar-refractivity contribution < 1.29 is 0 Å². The van der Waals surface area contributed by atoms with E-state index in [-0.39, 0.29) is 0 Å². The first-order valence-corrected chi connectivity index (χ1v) is 9.14. The molecule has 23 heavy (non-hydrogen) atoms. The topological polar surface area (TPSA) is 17.3 Å². The molecule has 4 rings (SSSR count). The van der Waals surface area contributed by atoms with Gasteiger partial charge in [-0.3, -0.25) is 4.40 Å². The van der Waals surface area contributed by atoms with E-state index in [0.29, 0.717) is 0 Å². The second kappa shape index (κ2) is 6.11. The Morgan fingerprint density at radius 2 is 1.74 bits per heavy atom. The van der Waals surface area contributed by atoms with Crippen molar-refractivity contribution in [3.05, 3.63) is 80.9 Å². The maximum atomic E-state index is 5.94. The number of aromatic nitrogens is 2. The molecular weight excluding hydrogens is 392 g/mol. The van der Waals surface area contributed by atoms with E-state index in [1.807, 2.05) is 24.3 Å². The van der Waals surface area contributed by atoms with Gasteiger partial charge < -0.3 is 0 Å². The van der Waals surface area contributed by atoms with E-state index in [4.69, 9.17) is 16.6 Å².